The van der Waals surface area contributed by atoms with E-state index in [1.165, 1.54) is 0 Å². The molecule has 2 rings (SSSR count). The predicted octanol–water partition coefficient (Wildman–Crippen LogP) is 3.09. The van der Waals surface area contributed by atoms with Gasteiger partial charge in [0.1, 0.15) is 6.04 Å². The Kier molecular flexibility index (Phi) is 4.72. The molecule has 0 saturated carbocycles. The number of nitrogens with one attached hydrogen (secondary N) is 1. The highest BCUT2D eigenvalue weighted by Gasteiger charge is 2.47. The van der Waals surface area contributed by atoms with Crippen LogP contribution in [-0.4, -0.2) is 23.5 Å². The van der Waals surface area contributed by atoms with Crippen LogP contribution in [0.3, 0.4) is 0 Å². The second-order valence-electron chi connectivity index (χ2n) is 3.88. The topological polar surface area (TPSA) is 81.5 Å². The molecule has 1 amide bonds. The molecule has 0 spiro atoms. The number of benzene rings is 1. The first-order valence-corrected chi connectivity index (χ1v) is 5.44. The molecule has 1 aliphatic heterocycles. The number of carbonyl (C=O) groups is 1. The Morgan fingerprint density at radius 1 is 1.50 bits per heavy atom. The quantitative estimate of drug-likeness (QED) is 0.668. The van der Waals surface area contributed by atoms with Gasteiger partial charge in [0.05, 0.1) is 4.92 Å². The van der Waals surface area contributed by atoms with Crippen LogP contribution >= 0.6 is 24.0 Å². The minimum Gasteiger partial charge on any atom is -0.443 e. The lowest BCUT2D eigenvalue weighted by atomic mass is 9.99. The molecule has 6 nitrogen and oxygen atoms in total. The van der Waals surface area contributed by atoms with Crippen molar-refractivity contribution in [1.29, 1.82) is 0 Å². The lowest BCUT2D eigenvalue weighted by molar-refractivity contribution is -0.385. The highest BCUT2D eigenvalue weighted by Crippen LogP contribution is 2.38. The largest absolute Gasteiger partial charge is 0.443 e. The fraction of sp³-hybridized carbons (Fsp3) is 0.300. The molecule has 1 saturated heterocycles. The fourth-order valence-corrected chi connectivity index (χ4v) is 1.91. The lowest BCUT2D eigenvalue weighted by Gasteiger charge is -2.32. The molecule has 0 aliphatic carbocycles. The van der Waals surface area contributed by atoms with E-state index >= 15 is 0 Å². The van der Waals surface area contributed by atoms with Crippen molar-refractivity contribution in [3.05, 3.63) is 38.9 Å². The summed E-state index contributed by atoms with van der Waals surface area (Å²) in [5, 5.41) is 12.4. The highest BCUT2D eigenvalue weighted by molar-refractivity contribution is 6.31. The molecule has 1 heterocycles. The summed E-state index contributed by atoms with van der Waals surface area (Å²) in [7, 11) is 0. The van der Waals surface area contributed by atoms with Gasteiger partial charge in [0.15, 0.2) is 6.61 Å². The summed E-state index contributed by atoms with van der Waals surface area (Å²) in [4.78, 5) is 20.9. The van der Waals surface area contributed by atoms with Gasteiger partial charge in [-0.1, -0.05) is 11.6 Å². The summed E-state index contributed by atoms with van der Waals surface area (Å²) in [5.74, 6) is -3.41. The highest BCUT2D eigenvalue weighted by atomic mass is 35.5. The summed E-state index contributed by atoms with van der Waals surface area (Å²) in [6.45, 7) is -1.11. The van der Waals surface area contributed by atoms with E-state index in [1.807, 2.05) is 5.32 Å². The fourth-order valence-electron chi connectivity index (χ4n) is 1.68. The smallest absolute Gasteiger partial charge is 0.408 e. The summed E-state index contributed by atoms with van der Waals surface area (Å²) < 4.78 is 31.5. The molecule has 1 N–H and O–H groups in total. The first kappa shape index (κ1) is 16.4. The van der Waals surface area contributed by atoms with Gasteiger partial charge in [0, 0.05) is 22.7 Å². The van der Waals surface area contributed by atoms with Crippen molar-refractivity contribution in [2.75, 3.05) is 6.61 Å². The maximum absolute atomic E-state index is 13.7. The molecular formula is C10H8Cl2F2N2O4. The number of non-ortho nitro benzene ring substituents is 1. The maximum Gasteiger partial charge on any atom is 0.408 e. The molecule has 0 radical (unpaired) electrons. The molecule has 1 fully saturated rings. The molecule has 10 heteroatoms. The molecular weight excluding hydrogens is 321 g/mol. The van der Waals surface area contributed by atoms with Crippen LogP contribution in [0, 0.1) is 10.1 Å². The van der Waals surface area contributed by atoms with E-state index < -0.39 is 35.3 Å². The van der Waals surface area contributed by atoms with Gasteiger partial charge < -0.3 is 10.1 Å². The normalized spacial score (nSPS) is 20.4. The van der Waals surface area contributed by atoms with Crippen LogP contribution < -0.4 is 5.32 Å². The number of ether oxygens (including phenoxy) is 1. The monoisotopic (exact) mass is 328 g/mol. The number of nitro benzene ring substituents is 1. The van der Waals surface area contributed by atoms with Crippen molar-refractivity contribution in [2.24, 2.45) is 0 Å². The Hall–Kier alpha value is -1.67. The van der Waals surface area contributed by atoms with Crippen LogP contribution in [0.5, 0.6) is 0 Å². The van der Waals surface area contributed by atoms with Crippen LogP contribution in [0.4, 0.5) is 19.3 Å². The molecule has 1 aliphatic rings. The Bertz CT molecular complexity index is 556. The third-order valence-electron chi connectivity index (χ3n) is 2.58. The predicted molar refractivity (Wildman–Crippen MR) is 67.5 cm³/mol. The van der Waals surface area contributed by atoms with Crippen molar-refractivity contribution >= 4 is 35.8 Å². The van der Waals surface area contributed by atoms with Crippen LogP contribution in [0.25, 0.3) is 0 Å². The second-order valence-corrected chi connectivity index (χ2v) is 4.28. The van der Waals surface area contributed by atoms with E-state index in [1.54, 1.807) is 0 Å². The van der Waals surface area contributed by atoms with Gasteiger partial charge in [-0.2, -0.15) is 0 Å². The van der Waals surface area contributed by atoms with E-state index in [0.29, 0.717) is 0 Å². The van der Waals surface area contributed by atoms with Gasteiger partial charge in [-0.05, 0) is 6.07 Å². The zero-order valence-electron chi connectivity index (χ0n) is 9.64. The van der Waals surface area contributed by atoms with Crippen LogP contribution in [-0.2, 0) is 4.74 Å². The number of cyclic esters (lactones) is 1. The van der Waals surface area contributed by atoms with Crippen molar-refractivity contribution in [1.82, 2.24) is 5.32 Å². The number of hydrogen-bond donors (Lipinski definition) is 1. The zero-order chi connectivity index (χ0) is 14.2. The number of alkyl halides is 2. The molecule has 110 valence electrons. The molecule has 0 aromatic heterocycles. The average molecular weight is 329 g/mol. The number of rotatable bonds is 2. The van der Waals surface area contributed by atoms with Crippen molar-refractivity contribution in [3.8, 4) is 0 Å². The maximum atomic E-state index is 13.7. The molecule has 0 bridgehead atoms. The summed E-state index contributed by atoms with van der Waals surface area (Å²) in [6.07, 6.45) is -1.03. The first-order valence-electron chi connectivity index (χ1n) is 5.06. The summed E-state index contributed by atoms with van der Waals surface area (Å²) in [5.41, 5.74) is -0.617. The number of amides is 1. The van der Waals surface area contributed by atoms with Gasteiger partial charge in [0.25, 0.3) is 5.69 Å². The second kappa shape index (κ2) is 5.76. The minimum absolute atomic E-state index is 0. The van der Waals surface area contributed by atoms with E-state index in [4.69, 9.17) is 11.6 Å². The molecule has 1 aromatic carbocycles. The van der Waals surface area contributed by atoms with Crippen LogP contribution in [0.1, 0.15) is 11.6 Å². The molecule has 1 atom stereocenters. The Labute approximate surface area is 122 Å². The third kappa shape index (κ3) is 3.07. The molecule has 0 unspecified atom stereocenters. The van der Waals surface area contributed by atoms with E-state index in [2.05, 4.69) is 4.74 Å². The van der Waals surface area contributed by atoms with Crippen molar-refractivity contribution < 1.29 is 23.2 Å². The molecule has 20 heavy (non-hydrogen) atoms. The van der Waals surface area contributed by atoms with Gasteiger partial charge >= 0.3 is 12.0 Å². The number of halogens is 4. The Morgan fingerprint density at radius 3 is 2.75 bits per heavy atom. The van der Waals surface area contributed by atoms with Gasteiger partial charge in [0.2, 0.25) is 0 Å². The zero-order valence-corrected chi connectivity index (χ0v) is 11.2. The first-order chi connectivity index (χ1) is 8.81. The van der Waals surface area contributed by atoms with Gasteiger partial charge in [-0.25, -0.2) is 13.6 Å². The lowest BCUT2D eigenvalue weighted by Crippen LogP contribution is -2.49. The third-order valence-corrected chi connectivity index (χ3v) is 2.93. The van der Waals surface area contributed by atoms with Gasteiger partial charge in [-0.3, -0.25) is 10.1 Å². The van der Waals surface area contributed by atoms with Crippen LogP contribution in [0.2, 0.25) is 5.02 Å². The van der Waals surface area contributed by atoms with E-state index in [0.717, 1.165) is 18.2 Å². The van der Waals surface area contributed by atoms with Crippen molar-refractivity contribution in [2.45, 2.75) is 12.0 Å². The summed E-state index contributed by atoms with van der Waals surface area (Å²) >= 11 is 5.76. The summed E-state index contributed by atoms with van der Waals surface area (Å²) in [6, 6.07) is 1.37. The van der Waals surface area contributed by atoms with E-state index in [-0.39, 0.29) is 23.0 Å². The Morgan fingerprint density at radius 2 is 2.15 bits per heavy atom. The minimum atomic E-state index is -3.41. The number of nitrogens with zero attached hydrogens (tertiary/aromatic N) is 1. The molecule has 1 aromatic rings. The standard InChI is InChI=1S/C10H7ClF2N2O4.ClH/c11-7-2-1-5(15(17)18)3-6(7)8-10(12,13)4-19-9(16)14-8;/h1-3,8H,4H2,(H,14,16);1H/t8-;/m1./s1. The number of carbonyl (C=O) groups excluding carboxylic acids is 1. The Balaban J connectivity index is 0.00000200. The SMILES string of the molecule is Cl.O=C1N[C@H](c2cc([N+](=O)[O-])ccc2Cl)C(F)(F)CO1. The average Bonchev–Trinajstić information content (AvgIpc) is 2.33. The van der Waals surface area contributed by atoms with Crippen LogP contribution in [0.15, 0.2) is 18.2 Å². The van der Waals surface area contributed by atoms with Gasteiger partial charge in [-0.15, -0.1) is 12.4 Å². The number of alkyl carbamates (subject to hydrolysis) is 1. The van der Waals surface area contributed by atoms with Crippen molar-refractivity contribution in [3.63, 3.8) is 0 Å². The van der Waals surface area contributed by atoms with E-state index in [9.17, 15) is 23.7 Å². The number of nitro groups is 1. The number of hydrogen-bond acceptors (Lipinski definition) is 4.